The number of aromatic nitrogens is 1. The van der Waals surface area contributed by atoms with E-state index >= 15 is 0 Å². The first kappa shape index (κ1) is 18.9. The molecule has 1 N–H and O–H groups in total. The Kier molecular flexibility index (Phi) is 5.66. The number of benzene rings is 2. The number of nitrogens with zero attached hydrogens (tertiary/aromatic N) is 2. The van der Waals surface area contributed by atoms with Crippen molar-refractivity contribution < 1.29 is 9.59 Å². The summed E-state index contributed by atoms with van der Waals surface area (Å²) in [4.78, 5) is 31.3. The van der Waals surface area contributed by atoms with Crippen molar-refractivity contribution in [2.75, 3.05) is 18.0 Å². The fourth-order valence-corrected chi connectivity index (χ4v) is 3.62. The first-order valence-electron chi connectivity index (χ1n) is 9.90. The van der Waals surface area contributed by atoms with E-state index in [4.69, 9.17) is 0 Å². The summed E-state index contributed by atoms with van der Waals surface area (Å²) in [6.45, 7) is 1.22. The molecule has 2 amide bonds. The molecule has 0 bridgehead atoms. The van der Waals surface area contributed by atoms with Gasteiger partial charge in [0.15, 0.2) is 0 Å². The van der Waals surface area contributed by atoms with Gasteiger partial charge in [-0.25, -0.2) is 0 Å². The van der Waals surface area contributed by atoms with Crippen LogP contribution in [0.15, 0.2) is 72.9 Å². The predicted octanol–water partition coefficient (Wildman–Crippen LogP) is 3.65. The number of hydrogen-bond donors (Lipinski definition) is 1. The minimum absolute atomic E-state index is 0.101. The topological polar surface area (TPSA) is 62.3 Å². The molecule has 5 nitrogen and oxygen atoms in total. The Labute approximate surface area is 170 Å². The van der Waals surface area contributed by atoms with Gasteiger partial charge in [-0.05, 0) is 48.6 Å². The van der Waals surface area contributed by atoms with Crippen LogP contribution in [0.25, 0.3) is 0 Å². The van der Waals surface area contributed by atoms with Crippen LogP contribution in [0.4, 0.5) is 5.69 Å². The van der Waals surface area contributed by atoms with E-state index in [1.807, 2.05) is 42.5 Å². The van der Waals surface area contributed by atoms with Crippen molar-refractivity contribution in [3.63, 3.8) is 0 Å². The van der Waals surface area contributed by atoms with Crippen LogP contribution in [0.1, 0.15) is 38.4 Å². The van der Waals surface area contributed by atoms with E-state index in [0.29, 0.717) is 18.7 Å². The lowest BCUT2D eigenvalue weighted by Crippen LogP contribution is -2.30. The number of pyridine rings is 1. The molecule has 0 saturated heterocycles. The van der Waals surface area contributed by atoms with Gasteiger partial charge < -0.3 is 10.2 Å². The standard InChI is InChI=1S/C24H23N3O2/c28-23(26-14-6-9-18-7-2-1-3-8-18)21-17-20(12-15-25-21)24(29)27-16-13-19-10-4-5-11-22(19)27/h1-5,7-8,10-12,15,17H,6,9,13-14,16H2,(H,26,28). The lowest BCUT2D eigenvalue weighted by molar-refractivity contribution is 0.0948. The molecule has 4 rings (SSSR count). The zero-order chi connectivity index (χ0) is 20.1. The molecule has 29 heavy (non-hydrogen) atoms. The summed E-state index contributed by atoms with van der Waals surface area (Å²) in [5.41, 5.74) is 4.11. The predicted molar refractivity (Wildman–Crippen MR) is 113 cm³/mol. The molecule has 1 aliphatic heterocycles. The van der Waals surface area contributed by atoms with E-state index in [1.165, 1.54) is 17.3 Å². The maximum atomic E-state index is 13.0. The summed E-state index contributed by atoms with van der Waals surface area (Å²) < 4.78 is 0. The number of amides is 2. The Bertz CT molecular complexity index is 1020. The highest BCUT2D eigenvalue weighted by Crippen LogP contribution is 2.28. The van der Waals surface area contributed by atoms with Gasteiger partial charge in [-0.15, -0.1) is 0 Å². The SMILES string of the molecule is O=C(NCCCc1ccccc1)c1cc(C(=O)N2CCc3ccccc32)ccn1. The van der Waals surface area contributed by atoms with Gasteiger partial charge in [0.25, 0.3) is 11.8 Å². The third kappa shape index (κ3) is 4.35. The molecule has 0 atom stereocenters. The molecule has 0 aliphatic carbocycles. The van der Waals surface area contributed by atoms with Crippen LogP contribution in [-0.2, 0) is 12.8 Å². The summed E-state index contributed by atoms with van der Waals surface area (Å²) >= 11 is 0. The number of hydrogen-bond acceptors (Lipinski definition) is 3. The first-order chi connectivity index (χ1) is 14.2. The van der Waals surface area contributed by atoms with Crippen LogP contribution in [0.5, 0.6) is 0 Å². The van der Waals surface area contributed by atoms with Crippen molar-refractivity contribution in [1.82, 2.24) is 10.3 Å². The second kappa shape index (κ2) is 8.69. The zero-order valence-electron chi connectivity index (χ0n) is 16.2. The highest BCUT2D eigenvalue weighted by atomic mass is 16.2. The van der Waals surface area contributed by atoms with Crippen molar-refractivity contribution in [3.05, 3.63) is 95.3 Å². The molecule has 0 unspecified atom stereocenters. The van der Waals surface area contributed by atoms with E-state index in [0.717, 1.165) is 24.9 Å². The summed E-state index contributed by atoms with van der Waals surface area (Å²) in [6, 6.07) is 21.3. The smallest absolute Gasteiger partial charge is 0.269 e. The summed E-state index contributed by atoms with van der Waals surface area (Å²) in [7, 11) is 0. The maximum absolute atomic E-state index is 13.0. The molecule has 2 aromatic carbocycles. The molecule has 0 spiro atoms. The molecule has 5 heteroatoms. The average molecular weight is 385 g/mol. The quantitative estimate of drug-likeness (QED) is 0.659. The number of carbonyl (C=O) groups excluding carboxylic acids is 2. The van der Waals surface area contributed by atoms with Crippen LogP contribution >= 0.6 is 0 Å². The molecule has 0 fully saturated rings. The van der Waals surface area contributed by atoms with E-state index in [1.54, 1.807) is 17.0 Å². The molecule has 0 saturated carbocycles. The number of aryl methyl sites for hydroxylation is 1. The van der Waals surface area contributed by atoms with Crippen LogP contribution in [0.2, 0.25) is 0 Å². The third-order valence-corrected chi connectivity index (χ3v) is 5.14. The van der Waals surface area contributed by atoms with Crippen molar-refractivity contribution in [1.29, 1.82) is 0 Å². The van der Waals surface area contributed by atoms with Gasteiger partial charge in [0.05, 0.1) is 0 Å². The number of para-hydroxylation sites is 1. The molecule has 3 aromatic rings. The largest absolute Gasteiger partial charge is 0.351 e. The molecule has 0 radical (unpaired) electrons. The second-order valence-corrected chi connectivity index (χ2v) is 7.11. The van der Waals surface area contributed by atoms with E-state index in [-0.39, 0.29) is 17.5 Å². The molecular formula is C24H23N3O2. The average Bonchev–Trinajstić information content (AvgIpc) is 3.21. The van der Waals surface area contributed by atoms with Crippen LogP contribution in [-0.4, -0.2) is 29.9 Å². The highest BCUT2D eigenvalue weighted by molar-refractivity contribution is 6.08. The van der Waals surface area contributed by atoms with Gasteiger partial charge in [-0.3, -0.25) is 14.6 Å². The molecule has 1 aliphatic rings. The van der Waals surface area contributed by atoms with Gasteiger partial charge in [-0.2, -0.15) is 0 Å². The van der Waals surface area contributed by atoms with Gasteiger partial charge in [0, 0.05) is 30.5 Å². The Morgan fingerprint density at radius 2 is 1.79 bits per heavy atom. The summed E-state index contributed by atoms with van der Waals surface area (Å²) in [5.74, 6) is -0.356. The molecule has 2 heterocycles. The van der Waals surface area contributed by atoms with Crippen LogP contribution < -0.4 is 10.2 Å². The fourth-order valence-electron chi connectivity index (χ4n) is 3.62. The Morgan fingerprint density at radius 1 is 1.00 bits per heavy atom. The lowest BCUT2D eigenvalue weighted by atomic mass is 10.1. The monoisotopic (exact) mass is 385 g/mol. The van der Waals surface area contributed by atoms with Gasteiger partial charge in [0.1, 0.15) is 5.69 Å². The van der Waals surface area contributed by atoms with E-state index in [2.05, 4.69) is 22.4 Å². The number of fused-ring (bicyclic) bond motifs is 1. The summed E-state index contributed by atoms with van der Waals surface area (Å²) in [6.07, 6.45) is 4.12. The van der Waals surface area contributed by atoms with Crippen molar-refractivity contribution in [2.24, 2.45) is 0 Å². The lowest BCUT2D eigenvalue weighted by Gasteiger charge is -2.17. The summed E-state index contributed by atoms with van der Waals surface area (Å²) in [5, 5.41) is 2.89. The number of carbonyl (C=O) groups is 2. The van der Waals surface area contributed by atoms with Crippen LogP contribution in [0, 0.1) is 0 Å². The normalized spacial score (nSPS) is 12.5. The maximum Gasteiger partial charge on any atom is 0.269 e. The highest BCUT2D eigenvalue weighted by Gasteiger charge is 2.25. The molecular weight excluding hydrogens is 362 g/mol. The van der Waals surface area contributed by atoms with Crippen molar-refractivity contribution in [3.8, 4) is 0 Å². The number of rotatable bonds is 6. The first-order valence-corrected chi connectivity index (χ1v) is 9.90. The minimum Gasteiger partial charge on any atom is -0.351 e. The molecule has 1 aromatic heterocycles. The second-order valence-electron chi connectivity index (χ2n) is 7.11. The minimum atomic E-state index is -0.255. The number of anilines is 1. The Balaban J connectivity index is 1.37. The van der Waals surface area contributed by atoms with Crippen molar-refractivity contribution in [2.45, 2.75) is 19.3 Å². The Hall–Kier alpha value is -3.47. The van der Waals surface area contributed by atoms with E-state index < -0.39 is 0 Å². The van der Waals surface area contributed by atoms with Gasteiger partial charge in [-0.1, -0.05) is 48.5 Å². The van der Waals surface area contributed by atoms with Crippen LogP contribution in [0.3, 0.4) is 0 Å². The number of nitrogens with one attached hydrogen (secondary N) is 1. The molecule has 146 valence electrons. The van der Waals surface area contributed by atoms with Crippen molar-refractivity contribution >= 4 is 17.5 Å². The zero-order valence-corrected chi connectivity index (χ0v) is 16.2. The van der Waals surface area contributed by atoms with Gasteiger partial charge in [0.2, 0.25) is 0 Å². The fraction of sp³-hybridized carbons (Fsp3) is 0.208. The van der Waals surface area contributed by atoms with E-state index in [9.17, 15) is 9.59 Å². The Morgan fingerprint density at radius 3 is 2.66 bits per heavy atom. The van der Waals surface area contributed by atoms with Gasteiger partial charge >= 0.3 is 0 Å². The third-order valence-electron chi connectivity index (χ3n) is 5.14.